The third kappa shape index (κ3) is 6.09. The van der Waals surface area contributed by atoms with E-state index in [1.807, 2.05) is 41.5 Å². The first-order chi connectivity index (χ1) is 13.8. The third-order valence-electron chi connectivity index (χ3n) is 4.66. The molecule has 1 atom stereocenters. The van der Waals surface area contributed by atoms with Crippen molar-refractivity contribution in [2.75, 3.05) is 5.32 Å². The van der Waals surface area contributed by atoms with Crippen molar-refractivity contribution in [3.8, 4) is 0 Å². The van der Waals surface area contributed by atoms with Crippen LogP contribution in [-0.2, 0) is 34.0 Å². The zero-order valence-electron chi connectivity index (χ0n) is 18.8. The minimum Gasteiger partial charge on any atom is -0.326 e. The summed E-state index contributed by atoms with van der Waals surface area (Å²) in [4.78, 5) is 12.7. The summed E-state index contributed by atoms with van der Waals surface area (Å²) >= 11 is 3.40. The molecule has 1 aromatic carbocycles. The Bertz CT molecular complexity index is 1040. The van der Waals surface area contributed by atoms with Gasteiger partial charge in [0.2, 0.25) is 15.7 Å². The molecule has 2 aromatic rings. The summed E-state index contributed by atoms with van der Waals surface area (Å²) in [6.45, 7) is 11.6. The first kappa shape index (κ1) is 27.6. The molecule has 0 bridgehead atoms. The largest absolute Gasteiger partial charge is 0.326 e. The number of nitrogens with one attached hydrogen (secondary N) is 1. The van der Waals surface area contributed by atoms with Crippen LogP contribution in [0, 0.1) is 5.41 Å². The molecule has 174 valence electrons. The molecule has 10 heteroatoms. The van der Waals surface area contributed by atoms with Gasteiger partial charge in [0, 0.05) is 15.9 Å². The smallest absolute Gasteiger partial charge is 0.229 e. The van der Waals surface area contributed by atoms with Crippen LogP contribution < -0.4 is 11.1 Å². The number of halogens is 2. The van der Waals surface area contributed by atoms with Crippen molar-refractivity contribution in [2.24, 2.45) is 11.1 Å². The molecular formula is C21H32BrClN4O3S. The van der Waals surface area contributed by atoms with Gasteiger partial charge in [-0.3, -0.25) is 9.48 Å². The van der Waals surface area contributed by atoms with Crippen LogP contribution in [0.4, 0.5) is 5.69 Å². The normalized spacial score (nSPS) is 12.9. The van der Waals surface area contributed by atoms with E-state index in [9.17, 15) is 13.2 Å². The van der Waals surface area contributed by atoms with Gasteiger partial charge in [0.05, 0.1) is 28.5 Å². The van der Waals surface area contributed by atoms with Crippen molar-refractivity contribution >= 4 is 49.8 Å². The Hall–Kier alpha value is -1.42. The van der Waals surface area contributed by atoms with Crippen molar-refractivity contribution in [2.45, 2.75) is 76.8 Å². The summed E-state index contributed by atoms with van der Waals surface area (Å²) in [6.07, 6.45) is 1.02. The maximum absolute atomic E-state index is 13.5. The molecule has 7 nitrogen and oxygen atoms in total. The van der Waals surface area contributed by atoms with E-state index in [1.54, 1.807) is 10.7 Å². The van der Waals surface area contributed by atoms with Crippen LogP contribution in [0.2, 0.25) is 0 Å². The van der Waals surface area contributed by atoms with Crippen LogP contribution in [0.5, 0.6) is 0 Å². The van der Waals surface area contributed by atoms with Gasteiger partial charge in [-0.05, 0) is 53.9 Å². The molecule has 0 aliphatic carbocycles. The van der Waals surface area contributed by atoms with Crippen molar-refractivity contribution in [3.63, 3.8) is 0 Å². The Morgan fingerprint density at radius 2 is 1.87 bits per heavy atom. The Kier molecular flexibility index (Phi) is 9.32. The lowest BCUT2D eigenvalue weighted by Crippen LogP contribution is -2.27. The molecule has 0 saturated heterocycles. The van der Waals surface area contributed by atoms with E-state index in [0.29, 0.717) is 40.9 Å². The summed E-state index contributed by atoms with van der Waals surface area (Å²) in [6, 6.07) is 4.50. The van der Waals surface area contributed by atoms with Gasteiger partial charge in [-0.15, -0.1) is 12.4 Å². The monoisotopic (exact) mass is 534 g/mol. The molecule has 0 aliphatic heterocycles. The first-order valence-corrected chi connectivity index (χ1v) is 12.3. The van der Waals surface area contributed by atoms with Crippen molar-refractivity contribution in [3.05, 3.63) is 34.1 Å². The van der Waals surface area contributed by atoms with Gasteiger partial charge in [-0.1, -0.05) is 34.6 Å². The number of aryl methyl sites for hydroxylation is 1. The lowest BCUT2D eigenvalue weighted by atomic mass is 9.95. The second kappa shape index (κ2) is 10.5. The number of amides is 1. The van der Waals surface area contributed by atoms with Crippen molar-refractivity contribution in [1.29, 1.82) is 0 Å². The van der Waals surface area contributed by atoms with Crippen LogP contribution in [0.25, 0.3) is 0 Å². The molecule has 2 rings (SSSR count). The average molecular weight is 536 g/mol. The first-order valence-electron chi connectivity index (χ1n) is 10.0. The summed E-state index contributed by atoms with van der Waals surface area (Å²) in [5, 5.41) is 7.35. The number of rotatable bonds is 7. The fourth-order valence-electron chi connectivity index (χ4n) is 3.04. The second-order valence-corrected chi connectivity index (χ2v) is 11.2. The molecule has 1 aromatic heterocycles. The molecule has 0 aliphatic rings. The summed E-state index contributed by atoms with van der Waals surface area (Å²) in [5.74, 6) is -0.155. The SMILES string of the molecule is CCc1nn(C[C@H](C)N)c(CC)c1S(=O)(=O)c1ccc(NC(=O)C(C)(C)C)c(Br)c1.Cl. The van der Waals surface area contributed by atoms with E-state index in [0.717, 1.165) is 0 Å². The number of hydrogen-bond donors (Lipinski definition) is 2. The Morgan fingerprint density at radius 3 is 2.32 bits per heavy atom. The highest BCUT2D eigenvalue weighted by Gasteiger charge is 2.30. The maximum Gasteiger partial charge on any atom is 0.229 e. The highest BCUT2D eigenvalue weighted by Crippen LogP contribution is 2.33. The number of carbonyl (C=O) groups is 1. The fourth-order valence-corrected chi connectivity index (χ4v) is 5.48. The number of carbonyl (C=O) groups excluding carboxylic acids is 1. The number of aromatic nitrogens is 2. The van der Waals surface area contributed by atoms with Crippen LogP contribution in [0.3, 0.4) is 0 Å². The second-order valence-electron chi connectivity index (χ2n) is 8.44. The van der Waals surface area contributed by atoms with E-state index in [-0.39, 0.29) is 34.1 Å². The molecule has 0 unspecified atom stereocenters. The highest BCUT2D eigenvalue weighted by molar-refractivity contribution is 9.10. The maximum atomic E-state index is 13.5. The van der Waals surface area contributed by atoms with Gasteiger partial charge in [0.15, 0.2) is 0 Å². The molecule has 0 radical (unpaired) electrons. The average Bonchev–Trinajstić information content (AvgIpc) is 2.99. The number of sulfone groups is 1. The Labute approximate surface area is 199 Å². The van der Waals surface area contributed by atoms with Crippen LogP contribution in [0.15, 0.2) is 32.5 Å². The Morgan fingerprint density at radius 1 is 1.26 bits per heavy atom. The summed E-state index contributed by atoms with van der Waals surface area (Å²) in [5.41, 5.74) is 7.08. The van der Waals surface area contributed by atoms with E-state index >= 15 is 0 Å². The zero-order valence-corrected chi connectivity index (χ0v) is 22.0. The molecule has 31 heavy (non-hydrogen) atoms. The van der Waals surface area contributed by atoms with Gasteiger partial charge in [-0.2, -0.15) is 5.10 Å². The van der Waals surface area contributed by atoms with Crippen molar-refractivity contribution < 1.29 is 13.2 Å². The highest BCUT2D eigenvalue weighted by atomic mass is 79.9. The molecule has 3 N–H and O–H groups in total. The number of anilines is 1. The molecule has 0 saturated carbocycles. The zero-order chi connectivity index (χ0) is 22.9. The standard InChI is InChI=1S/C21H31BrN4O3S.ClH/c1-7-16-19(18(8-2)26(25-16)12-13(3)23)30(28,29)14-9-10-17(15(22)11-14)24-20(27)21(4,5)6;/h9-11,13H,7-8,12,23H2,1-6H3,(H,24,27);1H/t13-;/m0./s1. The number of nitrogens with zero attached hydrogens (tertiary/aromatic N) is 2. The minimum atomic E-state index is -3.80. The van der Waals surface area contributed by atoms with Gasteiger partial charge >= 0.3 is 0 Å². The topological polar surface area (TPSA) is 107 Å². The predicted octanol–water partition coefficient (Wildman–Crippen LogP) is 4.36. The van der Waals surface area contributed by atoms with Crippen LogP contribution in [-0.4, -0.2) is 30.1 Å². The third-order valence-corrected chi connectivity index (χ3v) is 7.20. The molecule has 1 heterocycles. The van der Waals surface area contributed by atoms with Gasteiger partial charge in [0.1, 0.15) is 4.90 Å². The summed E-state index contributed by atoms with van der Waals surface area (Å²) < 4.78 is 29.3. The van der Waals surface area contributed by atoms with Gasteiger partial charge < -0.3 is 11.1 Å². The number of nitrogens with two attached hydrogens (primary N) is 1. The van der Waals surface area contributed by atoms with E-state index in [1.165, 1.54) is 12.1 Å². The predicted molar refractivity (Wildman–Crippen MR) is 130 cm³/mol. The van der Waals surface area contributed by atoms with Crippen molar-refractivity contribution in [1.82, 2.24) is 9.78 Å². The quantitative estimate of drug-likeness (QED) is 0.548. The lowest BCUT2D eigenvalue weighted by molar-refractivity contribution is -0.123. The lowest BCUT2D eigenvalue weighted by Gasteiger charge is -2.18. The Balaban J connectivity index is 0.00000480. The van der Waals surface area contributed by atoms with Gasteiger partial charge in [-0.25, -0.2) is 8.42 Å². The molecule has 0 spiro atoms. The van der Waals surface area contributed by atoms with E-state index in [4.69, 9.17) is 5.73 Å². The minimum absolute atomic E-state index is 0. The summed E-state index contributed by atoms with van der Waals surface area (Å²) in [7, 11) is -3.80. The number of benzene rings is 1. The van der Waals surface area contributed by atoms with E-state index in [2.05, 4.69) is 26.3 Å². The van der Waals surface area contributed by atoms with Crippen LogP contribution >= 0.6 is 28.3 Å². The molecule has 0 fully saturated rings. The van der Waals surface area contributed by atoms with E-state index < -0.39 is 15.3 Å². The number of hydrogen-bond acceptors (Lipinski definition) is 5. The fraction of sp³-hybridized carbons (Fsp3) is 0.524. The van der Waals surface area contributed by atoms with Crippen LogP contribution in [0.1, 0.15) is 52.9 Å². The molecule has 1 amide bonds. The van der Waals surface area contributed by atoms with Gasteiger partial charge in [0.25, 0.3) is 0 Å². The molecular weight excluding hydrogens is 504 g/mol.